The van der Waals surface area contributed by atoms with Gasteiger partial charge in [0, 0.05) is 28.7 Å². The van der Waals surface area contributed by atoms with E-state index in [2.05, 4.69) is 41.4 Å². The van der Waals surface area contributed by atoms with Gasteiger partial charge in [0.2, 0.25) is 0 Å². The smallest absolute Gasteiger partial charge is 0.254 e. The average Bonchev–Trinajstić information content (AvgIpc) is 3.12. The molecule has 0 aliphatic carbocycles. The number of hydrogen-bond acceptors (Lipinski definition) is 1. The van der Waals surface area contributed by atoms with Crippen molar-refractivity contribution in [1.82, 2.24) is 9.88 Å². The quantitative estimate of drug-likeness (QED) is 0.516. The number of para-hydroxylation sites is 1. The fourth-order valence-electron chi connectivity index (χ4n) is 4.41. The molecule has 1 aromatic heterocycles. The van der Waals surface area contributed by atoms with Crippen LogP contribution in [0.1, 0.15) is 38.8 Å². The lowest BCUT2D eigenvalue weighted by Gasteiger charge is -2.36. The molecule has 0 unspecified atom stereocenters. The lowest BCUT2D eigenvalue weighted by molar-refractivity contribution is 0.0691. The molecule has 1 aliphatic rings. The van der Waals surface area contributed by atoms with Crippen LogP contribution < -0.4 is 0 Å². The summed E-state index contributed by atoms with van der Waals surface area (Å²) in [6.45, 7) is 2.71. The molecule has 1 atom stereocenters. The maximum Gasteiger partial charge on any atom is 0.254 e. The van der Waals surface area contributed by atoms with Crippen molar-refractivity contribution >= 4 is 16.8 Å². The zero-order valence-corrected chi connectivity index (χ0v) is 15.9. The normalized spacial score (nSPS) is 16.2. The predicted octanol–water partition coefficient (Wildman–Crippen LogP) is 5.26. The summed E-state index contributed by atoms with van der Waals surface area (Å²) >= 11 is 0. The number of benzene rings is 3. The lowest BCUT2D eigenvalue weighted by Crippen LogP contribution is -2.40. The topological polar surface area (TPSA) is 36.1 Å². The molecule has 1 aliphatic heterocycles. The van der Waals surface area contributed by atoms with Gasteiger partial charge in [0.05, 0.1) is 6.04 Å². The first-order valence-electron chi connectivity index (χ1n) is 9.75. The van der Waals surface area contributed by atoms with Crippen molar-refractivity contribution in [3.05, 3.63) is 107 Å². The summed E-state index contributed by atoms with van der Waals surface area (Å²) in [5.41, 5.74) is 6.54. The molecule has 4 aromatic rings. The molecular weight excluding hydrogens is 344 g/mol. The fraction of sp³-hybridized carbons (Fsp3) is 0.160. The molecule has 0 bridgehead atoms. The maximum atomic E-state index is 13.5. The molecule has 0 fully saturated rings. The van der Waals surface area contributed by atoms with Crippen molar-refractivity contribution in [2.24, 2.45) is 0 Å². The number of aromatic amines is 1. The Balaban J connectivity index is 1.68. The van der Waals surface area contributed by atoms with Crippen LogP contribution in [0.2, 0.25) is 0 Å². The van der Waals surface area contributed by atoms with Crippen LogP contribution in [-0.2, 0) is 6.42 Å². The predicted molar refractivity (Wildman–Crippen MR) is 113 cm³/mol. The van der Waals surface area contributed by atoms with Gasteiger partial charge in [-0.25, -0.2) is 0 Å². The van der Waals surface area contributed by atoms with Gasteiger partial charge >= 0.3 is 0 Å². The molecule has 1 N–H and O–H groups in total. The van der Waals surface area contributed by atoms with E-state index < -0.39 is 0 Å². The number of hydrogen-bond donors (Lipinski definition) is 1. The summed E-state index contributed by atoms with van der Waals surface area (Å²) in [4.78, 5) is 19.2. The fourth-order valence-corrected chi connectivity index (χ4v) is 4.41. The molecule has 0 saturated heterocycles. The van der Waals surface area contributed by atoms with Crippen molar-refractivity contribution in [2.75, 3.05) is 6.54 Å². The summed E-state index contributed by atoms with van der Waals surface area (Å²) < 4.78 is 0. The number of fused-ring (bicyclic) bond motifs is 3. The largest absolute Gasteiger partial charge is 0.356 e. The third-order valence-electron chi connectivity index (χ3n) is 5.79. The van der Waals surface area contributed by atoms with E-state index in [9.17, 15) is 4.79 Å². The third-order valence-corrected chi connectivity index (χ3v) is 5.79. The Morgan fingerprint density at radius 3 is 2.46 bits per heavy atom. The van der Waals surface area contributed by atoms with E-state index in [-0.39, 0.29) is 11.9 Å². The highest BCUT2D eigenvalue weighted by atomic mass is 16.2. The first kappa shape index (κ1) is 16.8. The number of carbonyl (C=O) groups is 1. The van der Waals surface area contributed by atoms with Gasteiger partial charge in [-0.2, -0.15) is 0 Å². The highest BCUT2D eigenvalue weighted by Crippen LogP contribution is 2.39. The summed E-state index contributed by atoms with van der Waals surface area (Å²) in [7, 11) is 0. The Hall–Kier alpha value is -3.33. The third kappa shape index (κ3) is 2.63. The Morgan fingerprint density at radius 1 is 0.929 bits per heavy atom. The van der Waals surface area contributed by atoms with Crippen LogP contribution in [0, 0.1) is 6.92 Å². The highest BCUT2D eigenvalue weighted by Gasteiger charge is 2.35. The average molecular weight is 366 g/mol. The van der Waals surface area contributed by atoms with Gasteiger partial charge in [-0.15, -0.1) is 0 Å². The highest BCUT2D eigenvalue weighted by molar-refractivity contribution is 5.97. The number of nitrogens with one attached hydrogen (secondary N) is 1. The second-order valence-electron chi connectivity index (χ2n) is 7.44. The Bertz CT molecular complexity index is 1160. The molecule has 2 heterocycles. The summed E-state index contributed by atoms with van der Waals surface area (Å²) in [6, 6.07) is 26.5. The van der Waals surface area contributed by atoms with Gasteiger partial charge in [0.1, 0.15) is 0 Å². The molecule has 0 radical (unpaired) electrons. The van der Waals surface area contributed by atoms with Gasteiger partial charge in [-0.3, -0.25) is 4.79 Å². The molecule has 3 nitrogen and oxygen atoms in total. The van der Waals surface area contributed by atoms with Crippen LogP contribution in [0.15, 0.2) is 78.9 Å². The van der Waals surface area contributed by atoms with Gasteiger partial charge in [-0.05, 0) is 42.2 Å². The SMILES string of the molecule is Cc1ccccc1C(=O)N1CCc2c([nH]c3ccccc23)[C@@H]1c1ccccc1. The first-order chi connectivity index (χ1) is 13.7. The van der Waals surface area contributed by atoms with Gasteiger partial charge < -0.3 is 9.88 Å². The molecule has 138 valence electrons. The van der Waals surface area contributed by atoms with Crippen LogP contribution in [0.4, 0.5) is 0 Å². The van der Waals surface area contributed by atoms with Crippen molar-refractivity contribution < 1.29 is 4.79 Å². The molecule has 28 heavy (non-hydrogen) atoms. The van der Waals surface area contributed by atoms with E-state index >= 15 is 0 Å². The van der Waals surface area contributed by atoms with Gasteiger partial charge in [-0.1, -0.05) is 66.7 Å². The lowest BCUT2D eigenvalue weighted by atomic mass is 9.91. The number of nitrogens with zero attached hydrogens (tertiary/aromatic N) is 1. The van der Waals surface area contributed by atoms with Crippen LogP contribution in [0.25, 0.3) is 10.9 Å². The zero-order valence-electron chi connectivity index (χ0n) is 15.9. The van der Waals surface area contributed by atoms with Crippen molar-refractivity contribution in [1.29, 1.82) is 0 Å². The maximum absolute atomic E-state index is 13.5. The Kier molecular flexibility index (Phi) is 4.01. The first-order valence-corrected chi connectivity index (χ1v) is 9.75. The molecule has 0 spiro atoms. The minimum atomic E-state index is -0.107. The van der Waals surface area contributed by atoms with Crippen molar-refractivity contribution in [3.8, 4) is 0 Å². The molecule has 1 amide bonds. The van der Waals surface area contributed by atoms with E-state index in [1.54, 1.807) is 0 Å². The second-order valence-corrected chi connectivity index (χ2v) is 7.44. The molecule has 3 aromatic carbocycles. The second kappa shape index (κ2) is 6.68. The van der Waals surface area contributed by atoms with E-state index in [1.165, 1.54) is 10.9 Å². The molecule has 3 heteroatoms. The number of aromatic nitrogens is 1. The van der Waals surface area contributed by atoms with Crippen LogP contribution >= 0.6 is 0 Å². The number of carbonyl (C=O) groups excluding carboxylic acids is 1. The Morgan fingerprint density at radius 2 is 1.64 bits per heavy atom. The summed E-state index contributed by atoms with van der Waals surface area (Å²) in [5.74, 6) is 0.0938. The van der Waals surface area contributed by atoms with Gasteiger partial charge in [0.25, 0.3) is 5.91 Å². The van der Waals surface area contributed by atoms with E-state index in [0.29, 0.717) is 6.54 Å². The van der Waals surface area contributed by atoms with Gasteiger partial charge in [0.15, 0.2) is 0 Å². The summed E-state index contributed by atoms with van der Waals surface area (Å²) in [6.07, 6.45) is 0.861. The van der Waals surface area contributed by atoms with Crippen molar-refractivity contribution in [3.63, 3.8) is 0 Å². The van der Waals surface area contributed by atoms with Crippen LogP contribution in [0.5, 0.6) is 0 Å². The summed E-state index contributed by atoms with van der Waals surface area (Å²) in [5, 5.41) is 1.27. The van der Waals surface area contributed by atoms with Crippen molar-refractivity contribution in [2.45, 2.75) is 19.4 Å². The van der Waals surface area contributed by atoms with Crippen LogP contribution in [0.3, 0.4) is 0 Å². The number of aryl methyl sites for hydroxylation is 1. The minimum absolute atomic E-state index is 0.0938. The number of rotatable bonds is 2. The monoisotopic (exact) mass is 366 g/mol. The van der Waals surface area contributed by atoms with Crippen LogP contribution in [-0.4, -0.2) is 22.3 Å². The zero-order chi connectivity index (χ0) is 19.1. The van der Waals surface area contributed by atoms with E-state index in [1.807, 2.05) is 54.3 Å². The van der Waals surface area contributed by atoms with E-state index in [0.717, 1.165) is 34.3 Å². The number of H-pyrrole nitrogens is 1. The molecule has 0 saturated carbocycles. The number of amides is 1. The standard InChI is InChI=1S/C25H22N2O/c1-17-9-5-6-12-19(17)25(28)27-16-15-21-20-13-7-8-14-22(20)26-23(21)24(27)18-10-3-2-4-11-18/h2-14,24,26H,15-16H2,1H3/t24-/m0/s1. The molecular formula is C25H22N2O. The van der Waals surface area contributed by atoms with E-state index in [4.69, 9.17) is 0 Å². The minimum Gasteiger partial charge on any atom is -0.356 e. The Labute approximate surface area is 164 Å². The molecule has 5 rings (SSSR count).